The van der Waals surface area contributed by atoms with E-state index in [1.807, 2.05) is 0 Å². The lowest BCUT2D eigenvalue weighted by Crippen LogP contribution is -2.65. The molecule has 4 heterocycles. The Morgan fingerprint density at radius 2 is 1.35 bits per heavy atom. The summed E-state index contributed by atoms with van der Waals surface area (Å²) in [6.07, 6.45) is -11.6. The van der Waals surface area contributed by atoms with E-state index in [-0.39, 0.29) is 22.9 Å². The van der Waals surface area contributed by atoms with Crippen molar-refractivity contribution in [2.75, 3.05) is 19.8 Å². The van der Waals surface area contributed by atoms with E-state index in [9.17, 15) is 46.0 Å². The van der Waals surface area contributed by atoms with Crippen molar-refractivity contribution in [2.24, 2.45) is 52.3 Å². The van der Waals surface area contributed by atoms with Gasteiger partial charge >= 0.3 is 0 Å². The van der Waals surface area contributed by atoms with Crippen LogP contribution in [0.3, 0.4) is 0 Å². The lowest BCUT2D eigenvalue weighted by Gasteiger charge is -2.63. The summed E-state index contributed by atoms with van der Waals surface area (Å²) in [7, 11) is 0. The van der Waals surface area contributed by atoms with E-state index in [1.54, 1.807) is 0 Å². The molecule has 8 aliphatic rings. The van der Waals surface area contributed by atoms with E-state index in [1.165, 1.54) is 0 Å². The highest BCUT2D eigenvalue weighted by Crippen LogP contribution is 2.71. The first-order valence-corrected chi connectivity index (χ1v) is 20.5. The molecule has 15 heteroatoms. The van der Waals surface area contributed by atoms with Gasteiger partial charge in [-0.15, -0.1) is 0 Å². The Hall–Kier alpha value is -0.600. The SMILES string of the molecule is CC1CCC2(OC1)OC1CC3C4CC(O)C5CC(OC6OC(CO)C(OC7OC(CO)C(O)C(O)C7O)C(O)C6O)C(O)CC5(C)C4CCC3(C)C1C2C. The minimum absolute atomic E-state index is 0.0753. The maximum absolute atomic E-state index is 11.9. The van der Waals surface area contributed by atoms with E-state index in [4.69, 9.17) is 28.4 Å². The molecule has 8 rings (SSSR count). The van der Waals surface area contributed by atoms with Crippen molar-refractivity contribution in [3.05, 3.63) is 0 Å². The third kappa shape index (κ3) is 6.18. The first-order valence-electron chi connectivity index (χ1n) is 20.5. The van der Waals surface area contributed by atoms with Crippen LogP contribution in [-0.4, -0.2) is 157 Å². The summed E-state index contributed by atoms with van der Waals surface area (Å²) in [5, 5.41) is 96.4. The largest absolute Gasteiger partial charge is 0.394 e. The Morgan fingerprint density at radius 3 is 2.04 bits per heavy atom. The fourth-order valence-electron chi connectivity index (χ4n) is 13.3. The summed E-state index contributed by atoms with van der Waals surface area (Å²) in [6, 6.07) is 0. The number of aliphatic hydroxyl groups excluding tert-OH is 9. The molecule has 0 radical (unpaired) electrons. The van der Waals surface area contributed by atoms with Crippen LogP contribution < -0.4 is 0 Å². The molecule has 15 nitrogen and oxygen atoms in total. The standard InChI is InChI=1S/C39H64O15/c1-16-5-8-39(49-15-16)17(2)28-25(54-39)10-20-18-9-22(42)21-11-24(23(43)12-38(21,4)19(18)6-7-37(20,28)3)50-35-33(48)31(46)34(27(14-41)52-35)53-36-32(47)30(45)29(44)26(13-40)51-36/h16-36,40-48H,5-15H2,1-4H3. The third-order valence-electron chi connectivity index (χ3n) is 16.2. The van der Waals surface area contributed by atoms with E-state index in [0.29, 0.717) is 54.8 Å². The molecule has 1 spiro atoms. The van der Waals surface area contributed by atoms with Gasteiger partial charge in [-0.2, -0.15) is 0 Å². The lowest BCUT2D eigenvalue weighted by atomic mass is 9.43. The van der Waals surface area contributed by atoms with Crippen LogP contribution in [0, 0.1) is 52.3 Å². The van der Waals surface area contributed by atoms with Gasteiger partial charge in [-0.3, -0.25) is 0 Å². The molecule has 4 aliphatic carbocycles. The van der Waals surface area contributed by atoms with Crippen LogP contribution in [0.1, 0.15) is 79.1 Å². The lowest BCUT2D eigenvalue weighted by molar-refractivity contribution is -0.367. The molecule has 54 heavy (non-hydrogen) atoms. The quantitative estimate of drug-likeness (QED) is 0.153. The molecule has 9 N–H and O–H groups in total. The molecular weight excluding hydrogens is 708 g/mol. The van der Waals surface area contributed by atoms with Crippen molar-refractivity contribution in [1.29, 1.82) is 0 Å². The highest BCUT2D eigenvalue weighted by molar-refractivity contribution is 5.17. The molecule has 0 amide bonds. The van der Waals surface area contributed by atoms with Crippen molar-refractivity contribution < 1.29 is 74.4 Å². The third-order valence-corrected chi connectivity index (χ3v) is 16.2. The first-order chi connectivity index (χ1) is 25.6. The predicted molar refractivity (Wildman–Crippen MR) is 186 cm³/mol. The highest BCUT2D eigenvalue weighted by Gasteiger charge is 2.70. The fourth-order valence-corrected chi connectivity index (χ4v) is 13.3. The van der Waals surface area contributed by atoms with Gasteiger partial charge in [0.25, 0.3) is 0 Å². The van der Waals surface area contributed by atoms with E-state index >= 15 is 0 Å². The number of ether oxygens (including phenoxy) is 6. The molecule has 0 aromatic heterocycles. The van der Waals surface area contributed by atoms with Crippen molar-refractivity contribution in [3.8, 4) is 0 Å². The summed E-state index contributed by atoms with van der Waals surface area (Å²) in [6.45, 7) is 8.57. The van der Waals surface area contributed by atoms with Gasteiger partial charge in [-0.1, -0.05) is 27.7 Å². The van der Waals surface area contributed by atoms with Crippen molar-refractivity contribution in [1.82, 2.24) is 0 Å². The fraction of sp³-hybridized carbons (Fsp3) is 1.00. The minimum Gasteiger partial charge on any atom is -0.394 e. The van der Waals surface area contributed by atoms with Crippen LogP contribution in [0.15, 0.2) is 0 Å². The summed E-state index contributed by atoms with van der Waals surface area (Å²) in [5.41, 5.74) is -0.285. The molecule has 0 bridgehead atoms. The van der Waals surface area contributed by atoms with Crippen molar-refractivity contribution in [3.63, 3.8) is 0 Å². The molecule has 4 aliphatic heterocycles. The number of hydrogen-bond acceptors (Lipinski definition) is 15. The van der Waals surface area contributed by atoms with Gasteiger partial charge in [-0.05, 0) is 91.3 Å². The number of rotatable bonds is 6. The van der Waals surface area contributed by atoms with Gasteiger partial charge in [0.2, 0.25) is 0 Å². The topological polar surface area (TPSA) is 237 Å². The predicted octanol–water partition coefficient (Wildman–Crippen LogP) is -0.616. The molecule has 24 atom stereocenters. The monoisotopic (exact) mass is 772 g/mol. The summed E-state index contributed by atoms with van der Waals surface area (Å²) >= 11 is 0. The highest BCUT2D eigenvalue weighted by atomic mass is 16.7. The molecule has 8 fully saturated rings. The van der Waals surface area contributed by atoms with E-state index in [2.05, 4.69) is 27.7 Å². The van der Waals surface area contributed by atoms with Crippen LogP contribution in [-0.2, 0) is 28.4 Å². The molecular formula is C39H64O15. The first kappa shape index (κ1) is 40.2. The number of fused-ring (bicyclic) bond motifs is 7. The zero-order chi connectivity index (χ0) is 38.6. The maximum atomic E-state index is 11.9. The second kappa shape index (κ2) is 14.6. The average molecular weight is 773 g/mol. The summed E-state index contributed by atoms with van der Waals surface area (Å²) in [4.78, 5) is 0. The Morgan fingerprint density at radius 1 is 0.667 bits per heavy atom. The second-order valence-corrected chi connectivity index (χ2v) is 19.0. The van der Waals surface area contributed by atoms with Gasteiger partial charge in [0.05, 0.1) is 44.2 Å². The smallest absolute Gasteiger partial charge is 0.187 e. The average Bonchev–Trinajstić information content (AvgIpc) is 3.59. The van der Waals surface area contributed by atoms with E-state index in [0.717, 1.165) is 38.7 Å². The molecule has 310 valence electrons. The number of hydrogen-bond donors (Lipinski definition) is 9. The normalized spacial score (nSPS) is 60.1. The molecule has 4 saturated carbocycles. The van der Waals surface area contributed by atoms with E-state index < -0.39 is 98.7 Å². The Balaban J connectivity index is 0.931. The van der Waals surface area contributed by atoms with Crippen LogP contribution in [0.25, 0.3) is 0 Å². The molecule has 4 saturated heterocycles. The Kier molecular flexibility index (Phi) is 10.9. The van der Waals surface area contributed by atoms with Gasteiger partial charge in [0.1, 0.15) is 48.8 Å². The summed E-state index contributed by atoms with van der Waals surface area (Å²) in [5.74, 6) is 1.55. The Bertz CT molecular complexity index is 1330. The zero-order valence-electron chi connectivity index (χ0n) is 31.9. The van der Waals surface area contributed by atoms with Crippen LogP contribution in [0.2, 0.25) is 0 Å². The molecule has 24 unspecified atom stereocenters. The van der Waals surface area contributed by atoms with Gasteiger partial charge in [-0.25, -0.2) is 0 Å². The molecule has 0 aromatic rings. The summed E-state index contributed by atoms with van der Waals surface area (Å²) < 4.78 is 36.6. The van der Waals surface area contributed by atoms with Crippen LogP contribution in [0.4, 0.5) is 0 Å². The van der Waals surface area contributed by atoms with Crippen molar-refractivity contribution in [2.45, 2.75) is 171 Å². The van der Waals surface area contributed by atoms with Gasteiger partial charge in [0, 0.05) is 12.3 Å². The van der Waals surface area contributed by atoms with Crippen molar-refractivity contribution >= 4 is 0 Å². The minimum atomic E-state index is -1.77. The van der Waals surface area contributed by atoms with Crippen LogP contribution >= 0.6 is 0 Å². The second-order valence-electron chi connectivity index (χ2n) is 19.0. The van der Waals surface area contributed by atoms with Gasteiger partial charge in [0.15, 0.2) is 18.4 Å². The maximum Gasteiger partial charge on any atom is 0.187 e. The molecule has 0 aromatic carbocycles. The zero-order valence-corrected chi connectivity index (χ0v) is 31.9. The number of aliphatic hydroxyl groups is 9. The van der Waals surface area contributed by atoms with Crippen LogP contribution in [0.5, 0.6) is 0 Å². The van der Waals surface area contributed by atoms with Gasteiger partial charge < -0.3 is 74.4 Å². The Labute approximate surface area is 316 Å².